The van der Waals surface area contributed by atoms with E-state index in [1.807, 2.05) is 6.92 Å². The number of para-hydroxylation sites is 1. The van der Waals surface area contributed by atoms with Gasteiger partial charge in [-0.1, -0.05) is 25.5 Å². The minimum absolute atomic E-state index is 0.0557. The predicted octanol–water partition coefficient (Wildman–Crippen LogP) is 3.52. The molecule has 2 aromatic carbocycles. The Morgan fingerprint density at radius 2 is 1.85 bits per heavy atom. The Hall–Kier alpha value is -2.80. The van der Waals surface area contributed by atoms with E-state index in [1.165, 1.54) is 37.4 Å². The summed E-state index contributed by atoms with van der Waals surface area (Å²) in [5.74, 6) is 0.241. The normalized spacial score (nSPS) is 11.5. The number of methoxy groups -OCH3 is 1. The van der Waals surface area contributed by atoms with Gasteiger partial charge < -0.3 is 13.3 Å². The molecule has 3 aromatic rings. The van der Waals surface area contributed by atoms with Gasteiger partial charge in [-0.3, -0.25) is 0 Å². The molecule has 0 amide bonds. The van der Waals surface area contributed by atoms with Crippen molar-refractivity contribution in [2.45, 2.75) is 24.7 Å². The van der Waals surface area contributed by atoms with Crippen LogP contribution in [0, 0.1) is 0 Å². The van der Waals surface area contributed by atoms with Crippen molar-refractivity contribution in [3.63, 3.8) is 0 Å². The third-order valence-electron chi connectivity index (χ3n) is 3.87. The number of hydrogen-bond donors (Lipinski definition) is 0. The lowest BCUT2D eigenvalue weighted by molar-refractivity contribution is 0.398. The third kappa shape index (κ3) is 3.57. The monoisotopic (exact) mass is 374 g/mol. The molecule has 0 saturated carbocycles. The second-order valence-corrected chi connectivity index (χ2v) is 7.20. The summed E-state index contributed by atoms with van der Waals surface area (Å²) in [6, 6.07) is 12.3. The molecule has 0 spiro atoms. The number of hydrogen-bond acceptors (Lipinski definition) is 6. The molecule has 7 heteroatoms. The van der Waals surface area contributed by atoms with Gasteiger partial charge in [-0.05, 0) is 36.2 Å². The molecule has 0 N–H and O–H groups in total. The van der Waals surface area contributed by atoms with Gasteiger partial charge in [0.05, 0.1) is 7.11 Å². The number of fused-ring (bicyclic) bond motifs is 1. The summed E-state index contributed by atoms with van der Waals surface area (Å²) < 4.78 is 40.6. The zero-order chi connectivity index (χ0) is 18.7. The van der Waals surface area contributed by atoms with Crippen LogP contribution in [0.2, 0.25) is 0 Å². The zero-order valence-corrected chi connectivity index (χ0v) is 15.2. The first-order valence-electron chi connectivity index (χ1n) is 8.09. The Labute approximate surface area is 151 Å². The molecule has 6 nitrogen and oxygen atoms in total. The Bertz CT molecular complexity index is 1100. The molecule has 3 rings (SSSR count). The molecule has 0 atom stereocenters. The van der Waals surface area contributed by atoms with E-state index >= 15 is 0 Å². The average Bonchev–Trinajstić information content (AvgIpc) is 2.61. The van der Waals surface area contributed by atoms with Gasteiger partial charge in [-0.2, -0.15) is 8.42 Å². The molecular weight excluding hydrogens is 356 g/mol. The average molecular weight is 374 g/mol. The molecule has 0 aliphatic carbocycles. The summed E-state index contributed by atoms with van der Waals surface area (Å²) in [6.45, 7) is 2.01. The van der Waals surface area contributed by atoms with E-state index in [0.29, 0.717) is 0 Å². The largest absolute Gasteiger partial charge is 0.495 e. The van der Waals surface area contributed by atoms with Gasteiger partial charge >= 0.3 is 15.7 Å². The second kappa shape index (κ2) is 7.21. The quantitative estimate of drug-likeness (QED) is 0.485. The van der Waals surface area contributed by atoms with Crippen molar-refractivity contribution in [2.75, 3.05) is 7.11 Å². The molecule has 136 valence electrons. The van der Waals surface area contributed by atoms with E-state index in [0.717, 1.165) is 23.8 Å². The second-order valence-electron chi connectivity index (χ2n) is 5.69. The van der Waals surface area contributed by atoms with Crippen LogP contribution in [0.5, 0.6) is 11.5 Å². The topological polar surface area (TPSA) is 82.8 Å². The first-order chi connectivity index (χ1) is 12.4. The molecule has 0 aliphatic heterocycles. The van der Waals surface area contributed by atoms with Crippen LogP contribution in [-0.2, 0) is 16.5 Å². The van der Waals surface area contributed by atoms with Crippen molar-refractivity contribution in [3.8, 4) is 11.5 Å². The van der Waals surface area contributed by atoms with E-state index in [1.54, 1.807) is 18.2 Å². The lowest BCUT2D eigenvalue weighted by atomic mass is 10.1. The minimum atomic E-state index is -4.10. The van der Waals surface area contributed by atoms with Crippen LogP contribution in [-0.4, -0.2) is 15.5 Å². The highest BCUT2D eigenvalue weighted by atomic mass is 32.2. The molecule has 0 saturated heterocycles. The van der Waals surface area contributed by atoms with E-state index in [2.05, 4.69) is 0 Å². The van der Waals surface area contributed by atoms with Gasteiger partial charge in [0.1, 0.15) is 22.0 Å². The minimum Gasteiger partial charge on any atom is -0.495 e. The maximum Gasteiger partial charge on any atom is 0.342 e. The van der Waals surface area contributed by atoms with Gasteiger partial charge in [-0.25, -0.2) is 4.79 Å². The smallest absolute Gasteiger partial charge is 0.342 e. The molecule has 1 heterocycles. The lowest BCUT2D eigenvalue weighted by Crippen LogP contribution is -2.11. The van der Waals surface area contributed by atoms with Gasteiger partial charge in [0.25, 0.3) is 0 Å². The summed E-state index contributed by atoms with van der Waals surface area (Å²) in [7, 11) is -2.72. The molecule has 0 aliphatic rings. The van der Waals surface area contributed by atoms with Crippen molar-refractivity contribution in [1.82, 2.24) is 0 Å². The van der Waals surface area contributed by atoms with Crippen LogP contribution in [0.3, 0.4) is 0 Å². The van der Waals surface area contributed by atoms with Gasteiger partial charge in [0, 0.05) is 17.5 Å². The highest BCUT2D eigenvalue weighted by Crippen LogP contribution is 2.29. The van der Waals surface area contributed by atoms with Crippen molar-refractivity contribution in [2.24, 2.45) is 0 Å². The Kier molecular flexibility index (Phi) is 4.99. The third-order valence-corrected chi connectivity index (χ3v) is 5.15. The first-order valence-corrected chi connectivity index (χ1v) is 9.49. The van der Waals surface area contributed by atoms with E-state index in [4.69, 9.17) is 13.3 Å². The van der Waals surface area contributed by atoms with Crippen molar-refractivity contribution in [3.05, 3.63) is 64.5 Å². The summed E-state index contributed by atoms with van der Waals surface area (Å²) in [5.41, 5.74) is 0.664. The fourth-order valence-corrected chi connectivity index (χ4v) is 3.82. The SMILES string of the molecule is CCCc1cc(=O)oc2cc(OS(=O)(=O)c3ccccc3OC)ccc12. The first kappa shape index (κ1) is 18.0. The van der Waals surface area contributed by atoms with Gasteiger partial charge in [-0.15, -0.1) is 0 Å². The van der Waals surface area contributed by atoms with Crippen molar-refractivity contribution >= 4 is 21.1 Å². The van der Waals surface area contributed by atoms with Crippen LogP contribution in [0.25, 0.3) is 11.0 Å². The Balaban J connectivity index is 2.02. The number of rotatable bonds is 6. The van der Waals surface area contributed by atoms with Crippen molar-refractivity contribution in [1.29, 1.82) is 0 Å². The molecule has 1 aromatic heterocycles. The predicted molar refractivity (Wildman–Crippen MR) is 97.3 cm³/mol. The van der Waals surface area contributed by atoms with Gasteiger partial charge in [0.15, 0.2) is 0 Å². The van der Waals surface area contributed by atoms with Crippen LogP contribution in [0.4, 0.5) is 0 Å². The van der Waals surface area contributed by atoms with Crippen LogP contribution < -0.4 is 14.5 Å². The Morgan fingerprint density at radius 3 is 2.58 bits per heavy atom. The Morgan fingerprint density at radius 1 is 1.08 bits per heavy atom. The summed E-state index contributed by atoms with van der Waals surface area (Å²) in [4.78, 5) is 11.7. The van der Waals surface area contributed by atoms with E-state index in [9.17, 15) is 13.2 Å². The number of ether oxygens (including phenoxy) is 1. The lowest BCUT2D eigenvalue weighted by Gasteiger charge is -2.11. The summed E-state index contributed by atoms with van der Waals surface area (Å²) >= 11 is 0. The van der Waals surface area contributed by atoms with E-state index in [-0.39, 0.29) is 22.0 Å². The number of aryl methyl sites for hydroxylation is 1. The standard InChI is InChI=1S/C19H18O6S/c1-3-6-13-11-19(20)24-17-12-14(9-10-15(13)17)25-26(21,22)18-8-5-4-7-16(18)23-2/h4-5,7-12H,3,6H2,1-2H3. The van der Waals surface area contributed by atoms with Crippen LogP contribution >= 0.6 is 0 Å². The van der Waals surface area contributed by atoms with Crippen LogP contribution in [0.1, 0.15) is 18.9 Å². The summed E-state index contributed by atoms with van der Waals surface area (Å²) in [5, 5.41) is 0.758. The molecule has 26 heavy (non-hydrogen) atoms. The van der Waals surface area contributed by atoms with Crippen molar-refractivity contribution < 1.29 is 21.8 Å². The molecule has 0 fully saturated rings. The summed E-state index contributed by atoms with van der Waals surface area (Å²) in [6.07, 6.45) is 1.60. The van der Waals surface area contributed by atoms with Crippen LogP contribution in [0.15, 0.2) is 62.6 Å². The van der Waals surface area contributed by atoms with Gasteiger partial charge in [0.2, 0.25) is 0 Å². The fraction of sp³-hybridized carbons (Fsp3) is 0.211. The molecule has 0 radical (unpaired) electrons. The fourth-order valence-electron chi connectivity index (χ4n) is 2.74. The molecule has 0 bridgehead atoms. The maximum atomic E-state index is 12.6. The van der Waals surface area contributed by atoms with E-state index < -0.39 is 15.7 Å². The molecule has 0 unspecified atom stereocenters. The number of benzene rings is 2. The molecular formula is C19H18O6S. The zero-order valence-electron chi connectivity index (χ0n) is 14.4. The highest BCUT2D eigenvalue weighted by Gasteiger charge is 2.22. The highest BCUT2D eigenvalue weighted by molar-refractivity contribution is 7.87. The maximum absolute atomic E-state index is 12.6.